The van der Waals surface area contributed by atoms with Crippen LogP contribution in [0.15, 0.2) is 22.6 Å². The van der Waals surface area contributed by atoms with Gasteiger partial charge in [-0.1, -0.05) is 0 Å². The minimum absolute atomic E-state index is 0.242. The summed E-state index contributed by atoms with van der Waals surface area (Å²) in [6.45, 7) is 2.56. The number of hydrogen-bond acceptors (Lipinski definition) is 5. The number of nitrogens with two attached hydrogens (primary N) is 1. The lowest BCUT2D eigenvalue weighted by Gasteiger charge is -2.00. The average molecular weight is 231 g/mol. The van der Waals surface area contributed by atoms with Crippen molar-refractivity contribution in [2.24, 2.45) is 5.73 Å². The third kappa shape index (κ3) is 1.78. The van der Waals surface area contributed by atoms with Gasteiger partial charge in [-0.25, -0.2) is 0 Å². The molecule has 2 heterocycles. The molecule has 2 N–H and O–H groups in total. The van der Waals surface area contributed by atoms with Gasteiger partial charge < -0.3 is 14.9 Å². The van der Waals surface area contributed by atoms with E-state index in [1.165, 1.54) is 5.56 Å². The Morgan fingerprint density at radius 3 is 3.00 bits per heavy atom. The fraction of sp³-hybridized carbons (Fsp3) is 0.333. The van der Waals surface area contributed by atoms with Gasteiger partial charge in [-0.2, -0.15) is 0 Å². The van der Waals surface area contributed by atoms with Crippen LogP contribution in [0.5, 0.6) is 5.75 Å². The van der Waals surface area contributed by atoms with E-state index in [1.54, 1.807) is 0 Å². The molecule has 3 rings (SSSR count). The summed E-state index contributed by atoms with van der Waals surface area (Å²) < 4.78 is 10.9. The summed E-state index contributed by atoms with van der Waals surface area (Å²) in [4.78, 5) is 0. The third-order valence-corrected chi connectivity index (χ3v) is 2.77. The maximum absolute atomic E-state index is 5.68. The zero-order valence-corrected chi connectivity index (χ0v) is 9.51. The number of nitrogens with zero attached hydrogens (tertiary/aromatic N) is 2. The van der Waals surface area contributed by atoms with Crippen LogP contribution in [-0.2, 0) is 6.42 Å². The molecule has 1 aromatic carbocycles. The fourth-order valence-electron chi connectivity index (χ4n) is 1.85. The van der Waals surface area contributed by atoms with Crippen LogP contribution in [0.2, 0.25) is 0 Å². The topological polar surface area (TPSA) is 74.2 Å². The maximum atomic E-state index is 5.68. The maximum Gasteiger partial charge on any atom is 0.247 e. The van der Waals surface area contributed by atoms with Gasteiger partial charge in [0, 0.05) is 12.0 Å². The van der Waals surface area contributed by atoms with Gasteiger partial charge in [0.05, 0.1) is 12.6 Å². The van der Waals surface area contributed by atoms with Crippen LogP contribution in [0.3, 0.4) is 0 Å². The zero-order chi connectivity index (χ0) is 11.8. The van der Waals surface area contributed by atoms with E-state index in [0.29, 0.717) is 11.8 Å². The summed E-state index contributed by atoms with van der Waals surface area (Å²) in [6, 6.07) is 5.64. The normalized spacial score (nSPS) is 15.4. The highest BCUT2D eigenvalue weighted by molar-refractivity contribution is 5.57. The zero-order valence-electron chi connectivity index (χ0n) is 9.51. The minimum atomic E-state index is -0.242. The molecule has 5 heteroatoms. The van der Waals surface area contributed by atoms with Gasteiger partial charge in [-0.15, -0.1) is 10.2 Å². The van der Waals surface area contributed by atoms with Crippen molar-refractivity contribution in [3.63, 3.8) is 0 Å². The Balaban J connectivity index is 1.97. The Morgan fingerprint density at radius 2 is 2.24 bits per heavy atom. The Kier molecular flexibility index (Phi) is 2.33. The summed E-state index contributed by atoms with van der Waals surface area (Å²) in [6.07, 6.45) is 0.928. The molecule has 17 heavy (non-hydrogen) atoms. The number of aromatic nitrogens is 2. The summed E-state index contributed by atoms with van der Waals surface area (Å²) in [5, 5.41) is 7.91. The van der Waals surface area contributed by atoms with Crippen molar-refractivity contribution >= 4 is 0 Å². The van der Waals surface area contributed by atoms with Crippen molar-refractivity contribution in [2.45, 2.75) is 19.4 Å². The molecule has 1 unspecified atom stereocenters. The standard InChI is InChI=1S/C12H13N3O2/c1-7(13)11-14-15-12(17-11)9-2-3-10-8(6-9)4-5-16-10/h2-3,6-7H,4-5,13H2,1H3. The molecular weight excluding hydrogens is 218 g/mol. The lowest BCUT2D eigenvalue weighted by atomic mass is 10.1. The number of benzene rings is 1. The SMILES string of the molecule is CC(N)c1nnc(-c2ccc3c(c2)CCO3)o1. The number of rotatable bonds is 2. The van der Waals surface area contributed by atoms with E-state index in [2.05, 4.69) is 10.2 Å². The molecule has 0 spiro atoms. The van der Waals surface area contributed by atoms with Gasteiger partial charge in [0.25, 0.3) is 0 Å². The number of fused-ring (bicyclic) bond motifs is 1. The first-order valence-electron chi connectivity index (χ1n) is 5.59. The molecule has 2 aromatic rings. The van der Waals surface area contributed by atoms with E-state index in [0.717, 1.165) is 24.3 Å². The summed E-state index contributed by atoms with van der Waals surface area (Å²) in [7, 11) is 0. The van der Waals surface area contributed by atoms with E-state index >= 15 is 0 Å². The summed E-state index contributed by atoms with van der Waals surface area (Å²) in [5.41, 5.74) is 7.77. The van der Waals surface area contributed by atoms with Gasteiger partial charge in [-0.05, 0) is 30.7 Å². The first-order chi connectivity index (χ1) is 8.24. The first-order valence-corrected chi connectivity index (χ1v) is 5.59. The molecular formula is C12H13N3O2. The van der Waals surface area contributed by atoms with Crippen LogP contribution in [-0.4, -0.2) is 16.8 Å². The molecule has 88 valence electrons. The van der Waals surface area contributed by atoms with E-state index in [4.69, 9.17) is 14.9 Å². The predicted octanol–water partition coefficient (Wildman–Crippen LogP) is 1.69. The molecule has 1 atom stereocenters. The molecule has 5 nitrogen and oxygen atoms in total. The smallest absolute Gasteiger partial charge is 0.247 e. The molecule has 0 aliphatic carbocycles. The lowest BCUT2D eigenvalue weighted by molar-refractivity contribution is 0.357. The second-order valence-electron chi connectivity index (χ2n) is 4.16. The second-order valence-corrected chi connectivity index (χ2v) is 4.16. The van der Waals surface area contributed by atoms with Crippen molar-refractivity contribution in [1.29, 1.82) is 0 Å². The van der Waals surface area contributed by atoms with E-state index in [-0.39, 0.29) is 6.04 Å². The largest absolute Gasteiger partial charge is 0.493 e. The Bertz CT molecular complexity index is 548. The third-order valence-electron chi connectivity index (χ3n) is 2.77. The minimum Gasteiger partial charge on any atom is -0.493 e. The van der Waals surface area contributed by atoms with Gasteiger partial charge in [0.1, 0.15) is 5.75 Å². The molecule has 0 radical (unpaired) electrons. The highest BCUT2D eigenvalue weighted by Crippen LogP contribution is 2.30. The molecule has 0 saturated heterocycles. The molecule has 1 aliphatic heterocycles. The molecule has 0 bridgehead atoms. The van der Waals surface area contributed by atoms with Gasteiger partial charge in [0.2, 0.25) is 11.8 Å². The number of ether oxygens (including phenoxy) is 1. The Hall–Kier alpha value is -1.88. The molecule has 0 amide bonds. The van der Waals surface area contributed by atoms with Gasteiger partial charge >= 0.3 is 0 Å². The number of hydrogen-bond donors (Lipinski definition) is 1. The highest BCUT2D eigenvalue weighted by atomic mass is 16.5. The summed E-state index contributed by atoms with van der Waals surface area (Å²) in [5.74, 6) is 1.91. The van der Waals surface area contributed by atoms with Crippen LogP contribution < -0.4 is 10.5 Å². The van der Waals surface area contributed by atoms with Crippen molar-refractivity contribution in [3.05, 3.63) is 29.7 Å². The first kappa shape index (κ1) is 10.3. The Morgan fingerprint density at radius 1 is 1.35 bits per heavy atom. The van der Waals surface area contributed by atoms with Crippen molar-refractivity contribution in [2.75, 3.05) is 6.61 Å². The van der Waals surface area contributed by atoms with Crippen LogP contribution in [0.25, 0.3) is 11.5 Å². The molecule has 1 aliphatic rings. The van der Waals surface area contributed by atoms with E-state index < -0.39 is 0 Å². The van der Waals surface area contributed by atoms with Crippen LogP contribution in [0, 0.1) is 0 Å². The molecule has 0 fully saturated rings. The molecule has 1 aromatic heterocycles. The van der Waals surface area contributed by atoms with Crippen LogP contribution in [0.1, 0.15) is 24.4 Å². The monoisotopic (exact) mass is 231 g/mol. The molecule has 0 saturated carbocycles. The predicted molar refractivity (Wildman–Crippen MR) is 61.5 cm³/mol. The lowest BCUT2D eigenvalue weighted by Crippen LogP contribution is -2.04. The van der Waals surface area contributed by atoms with E-state index in [9.17, 15) is 0 Å². The van der Waals surface area contributed by atoms with Crippen LogP contribution >= 0.6 is 0 Å². The van der Waals surface area contributed by atoms with Crippen LogP contribution in [0.4, 0.5) is 0 Å². The highest BCUT2D eigenvalue weighted by Gasteiger charge is 2.16. The second kappa shape index (κ2) is 3.85. The Labute approximate surface area is 98.6 Å². The average Bonchev–Trinajstić information content (AvgIpc) is 2.97. The van der Waals surface area contributed by atoms with Crippen molar-refractivity contribution in [3.8, 4) is 17.2 Å². The van der Waals surface area contributed by atoms with Crippen molar-refractivity contribution in [1.82, 2.24) is 10.2 Å². The van der Waals surface area contributed by atoms with Gasteiger partial charge in [0.15, 0.2) is 0 Å². The van der Waals surface area contributed by atoms with E-state index in [1.807, 2.05) is 25.1 Å². The van der Waals surface area contributed by atoms with Gasteiger partial charge in [-0.3, -0.25) is 0 Å². The summed E-state index contributed by atoms with van der Waals surface area (Å²) >= 11 is 0. The van der Waals surface area contributed by atoms with Crippen molar-refractivity contribution < 1.29 is 9.15 Å². The fourth-order valence-corrected chi connectivity index (χ4v) is 1.85. The quantitative estimate of drug-likeness (QED) is 0.851.